The maximum absolute atomic E-state index is 13.4. The highest BCUT2D eigenvalue weighted by Crippen LogP contribution is 2.16. The van der Waals surface area contributed by atoms with Gasteiger partial charge in [0.2, 0.25) is 10.0 Å². The van der Waals surface area contributed by atoms with Crippen LogP contribution in [0.5, 0.6) is 0 Å². The van der Waals surface area contributed by atoms with E-state index in [-0.39, 0.29) is 17.0 Å². The van der Waals surface area contributed by atoms with Crippen LogP contribution in [0.4, 0.5) is 4.39 Å². The lowest BCUT2D eigenvalue weighted by molar-refractivity contribution is 0.443. The average Bonchev–Trinajstić information content (AvgIpc) is 2.47. The molecule has 6 heteroatoms. The standard InChI is InChI=1S/C15H25FN2O2S/c1-3-5-6-12(4-2)11-18-21(19,20)14-7-8-15(16)13(9-14)10-17/h7-9,12,18H,3-6,10-11,17H2,1-2H3. The Balaban J connectivity index is 2.77. The largest absolute Gasteiger partial charge is 0.326 e. The van der Waals surface area contributed by atoms with Crippen LogP contribution in [0.2, 0.25) is 0 Å². The van der Waals surface area contributed by atoms with Crippen molar-refractivity contribution in [2.75, 3.05) is 6.54 Å². The fourth-order valence-corrected chi connectivity index (χ4v) is 3.30. The Bertz CT molecular complexity index is 547. The molecular formula is C15H25FN2O2S. The van der Waals surface area contributed by atoms with Crippen LogP contribution in [0.15, 0.2) is 23.1 Å². The average molecular weight is 316 g/mol. The minimum atomic E-state index is -3.61. The molecule has 0 bridgehead atoms. The van der Waals surface area contributed by atoms with Gasteiger partial charge in [-0.15, -0.1) is 0 Å². The summed E-state index contributed by atoms with van der Waals surface area (Å²) in [6.07, 6.45) is 4.13. The van der Waals surface area contributed by atoms with Crippen LogP contribution < -0.4 is 10.5 Å². The van der Waals surface area contributed by atoms with Gasteiger partial charge in [-0.1, -0.05) is 33.1 Å². The molecule has 1 rings (SSSR count). The van der Waals surface area contributed by atoms with Crippen molar-refractivity contribution in [1.29, 1.82) is 0 Å². The zero-order chi connectivity index (χ0) is 15.9. The molecule has 0 radical (unpaired) electrons. The second-order valence-electron chi connectivity index (χ2n) is 5.23. The summed E-state index contributed by atoms with van der Waals surface area (Å²) in [6, 6.07) is 3.71. The Hall–Kier alpha value is -0.980. The molecule has 3 N–H and O–H groups in total. The highest BCUT2D eigenvalue weighted by Gasteiger charge is 2.17. The molecule has 1 atom stereocenters. The molecule has 4 nitrogen and oxygen atoms in total. The summed E-state index contributed by atoms with van der Waals surface area (Å²) < 4.78 is 40.4. The highest BCUT2D eigenvalue weighted by atomic mass is 32.2. The Morgan fingerprint density at radius 2 is 2.05 bits per heavy atom. The topological polar surface area (TPSA) is 72.2 Å². The monoisotopic (exact) mass is 316 g/mol. The second-order valence-corrected chi connectivity index (χ2v) is 6.99. The number of hydrogen-bond acceptors (Lipinski definition) is 3. The van der Waals surface area contributed by atoms with Gasteiger partial charge in [0.15, 0.2) is 0 Å². The number of sulfonamides is 1. The van der Waals surface area contributed by atoms with E-state index in [1.54, 1.807) is 0 Å². The first-order valence-electron chi connectivity index (χ1n) is 7.42. The Morgan fingerprint density at radius 1 is 1.33 bits per heavy atom. The lowest BCUT2D eigenvalue weighted by Gasteiger charge is -2.15. The summed E-state index contributed by atoms with van der Waals surface area (Å²) in [5.41, 5.74) is 5.61. The number of rotatable bonds is 9. The van der Waals surface area contributed by atoms with E-state index < -0.39 is 15.8 Å². The van der Waals surface area contributed by atoms with Crippen molar-refractivity contribution in [3.63, 3.8) is 0 Å². The van der Waals surface area contributed by atoms with Crippen molar-refractivity contribution >= 4 is 10.0 Å². The Kier molecular flexibility index (Phi) is 7.28. The predicted octanol–water partition coefficient (Wildman–Crippen LogP) is 2.78. The van der Waals surface area contributed by atoms with E-state index in [1.807, 2.05) is 0 Å². The fraction of sp³-hybridized carbons (Fsp3) is 0.600. The summed E-state index contributed by atoms with van der Waals surface area (Å²) in [5.74, 6) is -0.153. The van der Waals surface area contributed by atoms with E-state index in [4.69, 9.17) is 5.73 Å². The highest BCUT2D eigenvalue weighted by molar-refractivity contribution is 7.89. The third kappa shape index (κ3) is 5.37. The summed E-state index contributed by atoms with van der Waals surface area (Å²) in [5, 5.41) is 0. The first kappa shape index (κ1) is 18.1. The Morgan fingerprint density at radius 3 is 2.62 bits per heavy atom. The number of nitrogens with one attached hydrogen (secondary N) is 1. The van der Waals surface area contributed by atoms with Gasteiger partial charge in [0.1, 0.15) is 5.82 Å². The third-order valence-electron chi connectivity index (χ3n) is 3.65. The summed E-state index contributed by atoms with van der Waals surface area (Å²) in [6.45, 7) is 4.56. The molecule has 0 amide bonds. The number of halogens is 1. The fourth-order valence-electron chi connectivity index (χ4n) is 2.13. The van der Waals surface area contributed by atoms with Gasteiger partial charge >= 0.3 is 0 Å². The van der Waals surface area contributed by atoms with Gasteiger partial charge in [0.25, 0.3) is 0 Å². The van der Waals surface area contributed by atoms with Gasteiger partial charge in [-0.2, -0.15) is 0 Å². The SMILES string of the molecule is CCCCC(CC)CNS(=O)(=O)c1ccc(F)c(CN)c1. The summed E-state index contributed by atoms with van der Waals surface area (Å²) in [4.78, 5) is 0.0645. The maximum Gasteiger partial charge on any atom is 0.240 e. The molecule has 1 aromatic rings. The smallest absolute Gasteiger partial charge is 0.240 e. The quantitative estimate of drug-likeness (QED) is 0.736. The lowest BCUT2D eigenvalue weighted by Crippen LogP contribution is -2.29. The van der Waals surface area contributed by atoms with Gasteiger partial charge in [-0.25, -0.2) is 17.5 Å². The number of nitrogens with two attached hydrogens (primary N) is 1. The first-order valence-corrected chi connectivity index (χ1v) is 8.91. The van der Waals surface area contributed by atoms with Crippen LogP contribution in [0.25, 0.3) is 0 Å². The van der Waals surface area contributed by atoms with E-state index in [0.29, 0.717) is 12.5 Å². The van der Waals surface area contributed by atoms with Crippen molar-refractivity contribution in [3.8, 4) is 0 Å². The second kappa shape index (κ2) is 8.46. The summed E-state index contributed by atoms with van der Waals surface area (Å²) in [7, 11) is -3.61. The van der Waals surface area contributed by atoms with E-state index >= 15 is 0 Å². The molecule has 0 saturated heterocycles. The molecule has 0 fully saturated rings. The van der Waals surface area contributed by atoms with Gasteiger partial charge in [0, 0.05) is 18.7 Å². The van der Waals surface area contributed by atoms with Crippen LogP contribution in [0.1, 0.15) is 45.1 Å². The van der Waals surface area contributed by atoms with Crippen LogP contribution in [0.3, 0.4) is 0 Å². The van der Waals surface area contributed by atoms with Crippen LogP contribution in [-0.2, 0) is 16.6 Å². The normalized spacial score (nSPS) is 13.3. The van der Waals surface area contributed by atoms with E-state index in [1.165, 1.54) is 12.1 Å². The van der Waals surface area contributed by atoms with Crippen molar-refractivity contribution in [3.05, 3.63) is 29.6 Å². The molecule has 0 aliphatic rings. The minimum absolute atomic E-state index is 0.0245. The van der Waals surface area contributed by atoms with E-state index in [2.05, 4.69) is 18.6 Å². The first-order chi connectivity index (χ1) is 9.94. The molecule has 0 heterocycles. The van der Waals surface area contributed by atoms with Crippen LogP contribution >= 0.6 is 0 Å². The zero-order valence-electron chi connectivity index (χ0n) is 12.7. The number of hydrogen-bond donors (Lipinski definition) is 2. The number of benzene rings is 1. The van der Waals surface area contributed by atoms with E-state index in [9.17, 15) is 12.8 Å². The van der Waals surface area contributed by atoms with Crippen molar-refractivity contribution in [1.82, 2.24) is 4.72 Å². The van der Waals surface area contributed by atoms with Crippen LogP contribution in [-0.4, -0.2) is 15.0 Å². The molecule has 1 unspecified atom stereocenters. The molecular weight excluding hydrogens is 291 g/mol. The lowest BCUT2D eigenvalue weighted by atomic mass is 10.00. The molecule has 21 heavy (non-hydrogen) atoms. The van der Waals surface area contributed by atoms with Gasteiger partial charge in [-0.05, 0) is 30.5 Å². The Labute approximate surface area is 127 Å². The predicted molar refractivity (Wildman–Crippen MR) is 82.8 cm³/mol. The zero-order valence-corrected chi connectivity index (χ0v) is 13.5. The van der Waals surface area contributed by atoms with Crippen molar-refractivity contribution in [2.45, 2.75) is 51.0 Å². The molecule has 0 aliphatic heterocycles. The van der Waals surface area contributed by atoms with Gasteiger partial charge in [0.05, 0.1) is 4.90 Å². The third-order valence-corrected chi connectivity index (χ3v) is 5.07. The van der Waals surface area contributed by atoms with E-state index in [0.717, 1.165) is 31.7 Å². The molecule has 120 valence electrons. The number of unbranched alkanes of at least 4 members (excludes halogenated alkanes) is 1. The van der Waals surface area contributed by atoms with Crippen molar-refractivity contribution in [2.24, 2.45) is 11.7 Å². The molecule has 0 aliphatic carbocycles. The minimum Gasteiger partial charge on any atom is -0.326 e. The van der Waals surface area contributed by atoms with Gasteiger partial charge < -0.3 is 5.73 Å². The molecule has 0 saturated carbocycles. The molecule has 0 spiro atoms. The van der Waals surface area contributed by atoms with Gasteiger partial charge in [-0.3, -0.25) is 0 Å². The van der Waals surface area contributed by atoms with Crippen LogP contribution in [0, 0.1) is 11.7 Å². The van der Waals surface area contributed by atoms with Crippen molar-refractivity contribution < 1.29 is 12.8 Å². The molecule has 1 aromatic carbocycles. The summed E-state index contributed by atoms with van der Waals surface area (Å²) >= 11 is 0. The maximum atomic E-state index is 13.4. The molecule has 0 aromatic heterocycles.